The Labute approximate surface area is 678 Å². The zero-order chi connectivity index (χ0) is 71.2. The molecule has 16 heterocycles. The van der Waals surface area contributed by atoms with Gasteiger partial charge in [0.2, 0.25) is 0 Å². The van der Waals surface area contributed by atoms with Crippen molar-refractivity contribution in [3.8, 4) is 120 Å². The highest BCUT2D eigenvalue weighted by Crippen LogP contribution is 2.57. The van der Waals surface area contributed by atoms with E-state index in [4.69, 9.17) is 9.97 Å². The maximum Gasteiger partial charge on any atom is 0.155 e. The molecule has 0 saturated heterocycles. The molecule has 0 unspecified atom stereocenters. The fourth-order valence-electron chi connectivity index (χ4n) is 13.3. The molecule has 0 aliphatic rings. The minimum absolute atomic E-state index is 1.05. The van der Waals surface area contributed by atoms with E-state index in [2.05, 4.69) is 189 Å². The summed E-state index contributed by atoms with van der Waals surface area (Å²) in [4.78, 5) is 48.2. The molecule has 0 aliphatic heterocycles. The molecule has 0 aromatic carbocycles. The van der Waals surface area contributed by atoms with Crippen LogP contribution in [0.15, 0.2) is 133 Å². The third-order valence-corrected chi connectivity index (χ3v) is 37.7. The van der Waals surface area contributed by atoms with Gasteiger partial charge in [-0.15, -0.1) is 159 Å². The molecule has 104 heavy (non-hydrogen) atoms. The second-order valence-corrected chi connectivity index (χ2v) is 45.1. The minimum atomic E-state index is 1.05. The number of nitrogens with zero attached hydrogens (tertiary/aromatic N) is 2. The van der Waals surface area contributed by atoms with Crippen molar-refractivity contribution < 1.29 is 0 Å². The Morgan fingerprint density at radius 3 is 0.942 bits per heavy atom. The minimum Gasteiger partial charge on any atom is -0.229 e. The summed E-state index contributed by atoms with van der Waals surface area (Å²) in [6.07, 6.45) is 25.8. The molecule has 0 amide bonds. The molecule has 0 bridgehead atoms. The molecule has 18 heteroatoms. The molecular weight excluding hydrogens is 1570 g/mol. The average Bonchev–Trinajstić information content (AvgIpc) is 1.61. The lowest BCUT2D eigenvalue weighted by atomic mass is 10.1. The average molecular weight is 1660 g/mol. The lowest BCUT2D eigenvalue weighted by molar-refractivity contribution is 0.670. The fourth-order valence-corrected chi connectivity index (χ4v) is 31.3. The number of aromatic nitrogens is 2. The molecule has 16 aromatic rings. The molecule has 2 nitrogen and oxygen atoms in total. The molecule has 16 aromatic heterocycles. The van der Waals surface area contributed by atoms with Crippen molar-refractivity contribution in [3.05, 3.63) is 173 Å². The molecule has 0 N–H and O–H groups in total. The zero-order valence-electron chi connectivity index (χ0n) is 60.3. The summed E-state index contributed by atoms with van der Waals surface area (Å²) in [5.41, 5.74) is 5.44. The summed E-state index contributed by atoms with van der Waals surface area (Å²) in [7, 11) is 0. The first-order valence-corrected chi connectivity index (χ1v) is 50.0. The second kappa shape index (κ2) is 35.1. The summed E-state index contributed by atoms with van der Waals surface area (Å²) < 4.78 is 2.82. The lowest BCUT2D eigenvalue weighted by Gasteiger charge is -2.03. The Bertz CT molecular complexity index is 5050. The first-order valence-electron chi connectivity index (χ1n) is 36.9. The highest BCUT2D eigenvalue weighted by molar-refractivity contribution is 7.34. The van der Waals surface area contributed by atoms with Crippen LogP contribution in [0.1, 0.15) is 170 Å². The van der Waals surface area contributed by atoms with Crippen LogP contribution >= 0.6 is 181 Å². The lowest BCUT2D eigenvalue weighted by Crippen LogP contribution is -1.80. The number of rotatable bonds is 32. The van der Waals surface area contributed by atoms with E-state index < -0.39 is 0 Å². The van der Waals surface area contributed by atoms with Crippen molar-refractivity contribution >= 4 is 200 Å². The summed E-state index contributed by atoms with van der Waals surface area (Å²) >= 11 is 30.8. The van der Waals surface area contributed by atoms with E-state index in [1.165, 1.54) is 287 Å². The standard InChI is InChI=1S/C44H44S8.C42H42N2S8/c1-5-7-9-11-13-29-15-17-35(47-29)37-21-19-33(49-37)31-23-27(3)46-43(31)44-32(25-40(52-44)42-26-41-39(51-42)24-28(4)45-41)34-20-22-38(50-34)36-18-16-30(48-36)14-12-10-8-6-2;1-5-7-9-11-13-27-15-17-33(47-27)35-21-19-31(49-35)29-23-25(3)45-38(29)39-30(24-37(51-39)40-44-42-41(52-40)43-26(4)46-42)32-20-22-36(50-32)34-18-16-28(48-34)14-12-10-8-6-2/h15-26H,5-14H2,1-4H3;15-24H,5-14H2,1-4H3. The number of thiazole rings is 2. The third kappa shape index (κ3) is 17.6. The number of unbranched alkanes of at least 4 members (excludes halogenated alkanes) is 12. The normalized spacial score (nSPS) is 11.8. The Balaban J connectivity index is 0.000000167. The van der Waals surface area contributed by atoms with Crippen molar-refractivity contribution in [1.29, 1.82) is 0 Å². The summed E-state index contributed by atoms with van der Waals surface area (Å²) in [6.45, 7) is 18.0. The van der Waals surface area contributed by atoms with E-state index >= 15 is 0 Å². The van der Waals surface area contributed by atoms with Crippen LogP contribution in [0.5, 0.6) is 0 Å². The third-order valence-electron chi connectivity index (χ3n) is 18.7. The van der Waals surface area contributed by atoms with Gasteiger partial charge in [0.1, 0.15) is 5.01 Å². The maximum absolute atomic E-state index is 5.09. The van der Waals surface area contributed by atoms with Crippen LogP contribution in [0.4, 0.5) is 0 Å². The highest BCUT2D eigenvalue weighted by Gasteiger charge is 2.27. The summed E-state index contributed by atoms with van der Waals surface area (Å²) in [5, 5.41) is 2.15. The smallest absolute Gasteiger partial charge is 0.155 e. The van der Waals surface area contributed by atoms with E-state index in [0.29, 0.717) is 0 Å². The van der Waals surface area contributed by atoms with Crippen molar-refractivity contribution in [2.75, 3.05) is 0 Å². The predicted molar refractivity (Wildman–Crippen MR) is 485 cm³/mol. The van der Waals surface area contributed by atoms with E-state index in [9.17, 15) is 0 Å². The predicted octanol–water partition coefficient (Wildman–Crippen LogP) is 35.2. The topological polar surface area (TPSA) is 25.8 Å². The number of thiophene rings is 14. The molecule has 0 fully saturated rings. The molecule has 536 valence electrons. The molecule has 0 aliphatic carbocycles. The Morgan fingerprint density at radius 1 is 0.231 bits per heavy atom. The molecule has 0 saturated carbocycles. The first kappa shape index (κ1) is 75.0. The van der Waals surface area contributed by atoms with Gasteiger partial charge >= 0.3 is 0 Å². The van der Waals surface area contributed by atoms with Crippen LogP contribution in [0.3, 0.4) is 0 Å². The summed E-state index contributed by atoms with van der Waals surface area (Å²) in [6, 6.07) is 52.2. The number of aryl methyl sites for hydroxylation is 8. The van der Waals surface area contributed by atoms with Crippen LogP contribution in [-0.2, 0) is 25.7 Å². The van der Waals surface area contributed by atoms with Gasteiger partial charge in [-0.3, -0.25) is 0 Å². The van der Waals surface area contributed by atoms with Crippen LogP contribution in [0.25, 0.3) is 139 Å². The Morgan fingerprint density at radius 2 is 0.548 bits per heavy atom. The largest absolute Gasteiger partial charge is 0.229 e. The molecular formula is C86H86N2S16. The van der Waals surface area contributed by atoms with Crippen molar-refractivity contribution in [3.63, 3.8) is 0 Å². The number of fused-ring (bicyclic) bond motifs is 2. The molecule has 0 radical (unpaired) electrons. The Kier molecular flexibility index (Phi) is 25.3. The van der Waals surface area contributed by atoms with Gasteiger partial charge in [0.05, 0.1) is 29.4 Å². The van der Waals surface area contributed by atoms with Gasteiger partial charge in [0.25, 0.3) is 0 Å². The van der Waals surface area contributed by atoms with Crippen molar-refractivity contribution in [2.24, 2.45) is 0 Å². The van der Waals surface area contributed by atoms with Gasteiger partial charge in [0.15, 0.2) is 9.66 Å². The number of hydrogen-bond acceptors (Lipinski definition) is 18. The molecule has 0 atom stereocenters. The van der Waals surface area contributed by atoms with E-state index in [0.717, 1.165) is 19.7 Å². The fraction of sp³-hybridized carbons (Fsp3) is 0.326. The SMILES string of the molecule is CCCCCCc1ccc(-c2ccc(-c3cc(C)sc3-c3sc(-c4cc5sc(C)cc5s4)cc3-c3ccc(-c4ccc(CCCCCC)s4)s3)s2)s1.CCCCCCc1ccc(-c2ccc(-c3cc(C)sc3-c3sc(-c4nc5sc(C)nc5s4)cc3-c3ccc(-c4ccc(CCCCCC)s4)s3)s2)s1. The van der Waals surface area contributed by atoms with Gasteiger partial charge in [-0.05, 0) is 213 Å². The molecule has 0 spiro atoms. The van der Waals surface area contributed by atoms with Gasteiger partial charge in [-0.1, -0.05) is 127 Å². The van der Waals surface area contributed by atoms with Gasteiger partial charge in [0, 0.05) is 134 Å². The van der Waals surface area contributed by atoms with E-state index in [-0.39, 0.29) is 0 Å². The Hall–Kier alpha value is -4.42. The monoisotopic (exact) mass is 1660 g/mol. The van der Waals surface area contributed by atoms with Gasteiger partial charge in [-0.2, -0.15) is 0 Å². The quantitative estimate of drug-likeness (QED) is 0.0393. The van der Waals surface area contributed by atoms with Gasteiger partial charge < -0.3 is 0 Å². The maximum atomic E-state index is 5.09. The van der Waals surface area contributed by atoms with Gasteiger partial charge in [-0.25, -0.2) is 9.97 Å². The van der Waals surface area contributed by atoms with E-state index in [1.54, 1.807) is 22.7 Å². The summed E-state index contributed by atoms with van der Waals surface area (Å²) in [5.74, 6) is 0. The van der Waals surface area contributed by atoms with Crippen molar-refractivity contribution in [2.45, 2.75) is 184 Å². The number of hydrogen-bond donors (Lipinski definition) is 0. The first-order chi connectivity index (χ1) is 50.9. The van der Waals surface area contributed by atoms with Crippen LogP contribution in [0, 0.1) is 27.7 Å². The van der Waals surface area contributed by atoms with Crippen molar-refractivity contribution in [1.82, 2.24) is 9.97 Å². The highest BCUT2D eigenvalue weighted by atomic mass is 32.2. The van der Waals surface area contributed by atoms with E-state index in [1.807, 2.05) is 159 Å². The zero-order valence-corrected chi connectivity index (χ0v) is 73.3. The van der Waals surface area contributed by atoms with Crippen LogP contribution < -0.4 is 0 Å². The molecule has 16 rings (SSSR count). The van der Waals surface area contributed by atoms with Crippen LogP contribution in [0.2, 0.25) is 0 Å². The second-order valence-electron chi connectivity index (χ2n) is 26.9. The van der Waals surface area contributed by atoms with Crippen LogP contribution in [-0.4, -0.2) is 9.97 Å².